The summed E-state index contributed by atoms with van der Waals surface area (Å²) in [5.41, 5.74) is 2.82. The standard InChI is InChI=1S/C15H10N4O/c1-2-4-13-11(3-1)12(9-17-13)15-19-18-14(20-15)10-5-7-16-8-6-10/h1-9,17H. The number of H-pyrrole nitrogens is 1. The second kappa shape index (κ2) is 4.31. The lowest BCUT2D eigenvalue weighted by molar-refractivity contribution is 0.585. The van der Waals surface area contributed by atoms with E-state index in [1.807, 2.05) is 42.6 Å². The topological polar surface area (TPSA) is 67.6 Å². The number of hydrogen-bond donors (Lipinski definition) is 1. The van der Waals surface area contributed by atoms with Gasteiger partial charge in [-0.05, 0) is 18.2 Å². The van der Waals surface area contributed by atoms with Crippen LogP contribution in [-0.4, -0.2) is 20.2 Å². The predicted molar refractivity (Wildman–Crippen MR) is 74.8 cm³/mol. The molecule has 0 aliphatic heterocycles. The Kier molecular flexibility index (Phi) is 2.35. The second-order valence-corrected chi connectivity index (χ2v) is 4.40. The molecule has 5 heteroatoms. The molecule has 4 rings (SSSR count). The summed E-state index contributed by atoms with van der Waals surface area (Å²) in [4.78, 5) is 7.17. The normalized spacial score (nSPS) is 11.0. The SMILES string of the molecule is c1ccc2c(-c3nnc(-c4ccncc4)o3)c[nH]c2c1. The van der Waals surface area contributed by atoms with Crippen LogP contribution in [0.3, 0.4) is 0 Å². The molecular weight excluding hydrogens is 252 g/mol. The molecule has 0 spiro atoms. The van der Waals surface area contributed by atoms with E-state index in [2.05, 4.69) is 20.2 Å². The van der Waals surface area contributed by atoms with E-state index in [0.717, 1.165) is 22.0 Å². The van der Waals surface area contributed by atoms with Crippen LogP contribution in [0.1, 0.15) is 0 Å². The van der Waals surface area contributed by atoms with Crippen molar-refractivity contribution >= 4 is 10.9 Å². The van der Waals surface area contributed by atoms with Crippen molar-refractivity contribution < 1.29 is 4.42 Å². The molecule has 1 N–H and O–H groups in total. The van der Waals surface area contributed by atoms with Crippen LogP contribution in [0, 0.1) is 0 Å². The molecule has 0 aliphatic rings. The van der Waals surface area contributed by atoms with Crippen molar-refractivity contribution in [2.45, 2.75) is 0 Å². The van der Waals surface area contributed by atoms with Crippen molar-refractivity contribution in [3.05, 3.63) is 55.0 Å². The average molecular weight is 262 g/mol. The molecule has 0 atom stereocenters. The van der Waals surface area contributed by atoms with Gasteiger partial charge in [-0.3, -0.25) is 4.98 Å². The maximum absolute atomic E-state index is 5.75. The Labute approximate surface area is 114 Å². The number of nitrogens with zero attached hydrogens (tertiary/aromatic N) is 3. The maximum Gasteiger partial charge on any atom is 0.250 e. The van der Waals surface area contributed by atoms with Crippen molar-refractivity contribution in [2.24, 2.45) is 0 Å². The molecule has 0 saturated heterocycles. The van der Waals surface area contributed by atoms with Crippen LogP contribution in [0.25, 0.3) is 33.8 Å². The minimum absolute atomic E-state index is 0.493. The summed E-state index contributed by atoms with van der Waals surface area (Å²) in [7, 11) is 0. The molecule has 0 amide bonds. The van der Waals surface area contributed by atoms with E-state index in [4.69, 9.17) is 4.42 Å². The van der Waals surface area contributed by atoms with E-state index >= 15 is 0 Å². The molecule has 0 fully saturated rings. The van der Waals surface area contributed by atoms with E-state index in [1.54, 1.807) is 12.4 Å². The largest absolute Gasteiger partial charge is 0.416 e. The number of benzene rings is 1. The van der Waals surface area contributed by atoms with Crippen LogP contribution in [0.5, 0.6) is 0 Å². The lowest BCUT2D eigenvalue weighted by Crippen LogP contribution is -1.77. The summed E-state index contributed by atoms with van der Waals surface area (Å²) in [6, 6.07) is 11.7. The highest BCUT2D eigenvalue weighted by Crippen LogP contribution is 2.29. The first-order valence-electron chi connectivity index (χ1n) is 6.22. The lowest BCUT2D eigenvalue weighted by atomic mass is 10.2. The van der Waals surface area contributed by atoms with Crippen LogP contribution >= 0.6 is 0 Å². The number of hydrogen-bond acceptors (Lipinski definition) is 4. The molecule has 4 aromatic rings. The van der Waals surface area contributed by atoms with Gasteiger partial charge in [0.05, 0.1) is 5.56 Å². The van der Waals surface area contributed by atoms with Gasteiger partial charge in [0.1, 0.15) is 0 Å². The number of fused-ring (bicyclic) bond motifs is 1. The Hall–Kier alpha value is -2.95. The van der Waals surface area contributed by atoms with Crippen LogP contribution in [0.2, 0.25) is 0 Å². The fourth-order valence-electron chi connectivity index (χ4n) is 2.19. The van der Waals surface area contributed by atoms with Crippen molar-refractivity contribution in [3.63, 3.8) is 0 Å². The Morgan fingerprint density at radius 3 is 2.60 bits per heavy atom. The van der Waals surface area contributed by atoms with Gasteiger partial charge in [-0.1, -0.05) is 18.2 Å². The van der Waals surface area contributed by atoms with Crippen molar-refractivity contribution in [3.8, 4) is 22.9 Å². The first-order valence-corrected chi connectivity index (χ1v) is 6.22. The molecule has 3 aromatic heterocycles. The first-order chi connectivity index (χ1) is 9.92. The molecule has 0 radical (unpaired) electrons. The fourth-order valence-corrected chi connectivity index (χ4v) is 2.19. The Morgan fingerprint density at radius 2 is 1.70 bits per heavy atom. The van der Waals surface area contributed by atoms with Gasteiger partial charge >= 0.3 is 0 Å². The fraction of sp³-hybridized carbons (Fsp3) is 0. The van der Waals surface area contributed by atoms with Gasteiger partial charge in [-0.2, -0.15) is 0 Å². The maximum atomic E-state index is 5.75. The minimum Gasteiger partial charge on any atom is -0.416 e. The Morgan fingerprint density at radius 1 is 0.900 bits per heavy atom. The summed E-state index contributed by atoms with van der Waals surface area (Å²) in [6.07, 6.45) is 5.28. The third-order valence-electron chi connectivity index (χ3n) is 3.17. The Bertz CT molecular complexity index is 864. The number of rotatable bonds is 2. The first kappa shape index (κ1) is 10.9. The van der Waals surface area contributed by atoms with Crippen LogP contribution in [0.15, 0.2) is 59.4 Å². The van der Waals surface area contributed by atoms with Crippen molar-refractivity contribution in [1.82, 2.24) is 20.2 Å². The molecule has 20 heavy (non-hydrogen) atoms. The van der Waals surface area contributed by atoms with Gasteiger partial charge in [0, 0.05) is 35.1 Å². The molecule has 0 unspecified atom stereocenters. The highest BCUT2D eigenvalue weighted by Gasteiger charge is 2.13. The zero-order chi connectivity index (χ0) is 13.4. The Balaban J connectivity index is 1.82. The third-order valence-corrected chi connectivity index (χ3v) is 3.17. The van der Waals surface area contributed by atoms with Crippen LogP contribution in [-0.2, 0) is 0 Å². The molecule has 96 valence electrons. The summed E-state index contributed by atoms with van der Waals surface area (Å²) in [5, 5.41) is 9.29. The van der Waals surface area contributed by atoms with E-state index in [1.165, 1.54) is 0 Å². The summed E-state index contributed by atoms with van der Waals surface area (Å²) in [5.74, 6) is 1.00. The van der Waals surface area contributed by atoms with E-state index in [0.29, 0.717) is 11.8 Å². The van der Waals surface area contributed by atoms with Gasteiger partial charge in [-0.25, -0.2) is 0 Å². The molecule has 3 heterocycles. The van der Waals surface area contributed by atoms with Crippen molar-refractivity contribution in [2.75, 3.05) is 0 Å². The number of aromatic amines is 1. The highest BCUT2D eigenvalue weighted by molar-refractivity contribution is 5.93. The number of aromatic nitrogens is 4. The molecule has 1 aromatic carbocycles. The van der Waals surface area contributed by atoms with Gasteiger partial charge in [0.15, 0.2) is 0 Å². The predicted octanol–water partition coefficient (Wildman–Crippen LogP) is 3.28. The number of pyridine rings is 1. The zero-order valence-corrected chi connectivity index (χ0v) is 10.4. The average Bonchev–Trinajstić information content (AvgIpc) is 3.14. The monoisotopic (exact) mass is 262 g/mol. The highest BCUT2D eigenvalue weighted by atomic mass is 16.4. The molecular formula is C15H10N4O. The van der Waals surface area contributed by atoms with Crippen LogP contribution in [0.4, 0.5) is 0 Å². The van der Waals surface area contributed by atoms with Gasteiger partial charge in [-0.15, -0.1) is 10.2 Å². The van der Waals surface area contributed by atoms with E-state index in [-0.39, 0.29) is 0 Å². The van der Waals surface area contributed by atoms with E-state index in [9.17, 15) is 0 Å². The van der Waals surface area contributed by atoms with Gasteiger partial charge in [0.25, 0.3) is 0 Å². The minimum atomic E-state index is 0.493. The lowest BCUT2D eigenvalue weighted by Gasteiger charge is -1.93. The second-order valence-electron chi connectivity index (χ2n) is 4.40. The van der Waals surface area contributed by atoms with Crippen LogP contribution < -0.4 is 0 Å². The summed E-state index contributed by atoms with van der Waals surface area (Å²) >= 11 is 0. The molecule has 0 bridgehead atoms. The molecule has 0 saturated carbocycles. The van der Waals surface area contributed by atoms with Crippen molar-refractivity contribution in [1.29, 1.82) is 0 Å². The van der Waals surface area contributed by atoms with Gasteiger partial charge in [0.2, 0.25) is 11.8 Å². The summed E-state index contributed by atoms with van der Waals surface area (Å²) < 4.78 is 5.75. The molecule has 5 nitrogen and oxygen atoms in total. The number of para-hydroxylation sites is 1. The smallest absolute Gasteiger partial charge is 0.250 e. The van der Waals surface area contributed by atoms with E-state index < -0.39 is 0 Å². The third kappa shape index (κ3) is 1.68. The van der Waals surface area contributed by atoms with Gasteiger partial charge < -0.3 is 9.40 Å². The quantitative estimate of drug-likeness (QED) is 0.602. The number of nitrogens with one attached hydrogen (secondary N) is 1. The zero-order valence-electron chi connectivity index (χ0n) is 10.4. The molecule has 0 aliphatic carbocycles. The summed E-state index contributed by atoms with van der Waals surface area (Å²) in [6.45, 7) is 0.